The highest BCUT2D eigenvalue weighted by Gasteiger charge is 2.16. The lowest BCUT2D eigenvalue weighted by atomic mass is 10.3. The molecular formula is C6H12N2O2. The van der Waals surface area contributed by atoms with Crippen LogP contribution in [0.25, 0.3) is 0 Å². The van der Waals surface area contributed by atoms with Crippen molar-refractivity contribution < 1.29 is 9.53 Å². The molecular weight excluding hydrogens is 132 g/mol. The van der Waals surface area contributed by atoms with Gasteiger partial charge in [-0.1, -0.05) is 0 Å². The Morgan fingerprint density at radius 3 is 3.20 bits per heavy atom. The summed E-state index contributed by atoms with van der Waals surface area (Å²) in [4.78, 5) is 11.9. The van der Waals surface area contributed by atoms with Crippen molar-refractivity contribution >= 4 is 6.41 Å². The van der Waals surface area contributed by atoms with Gasteiger partial charge in [-0.3, -0.25) is 4.79 Å². The van der Waals surface area contributed by atoms with Gasteiger partial charge in [0, 0.05) is 19.6 Å². The highest BCUT2D eigenvalue weighted by atomic mass is 16.5. The monoisotopic (exact) mass is 144 g/mol. The van der Waals surface area contributed by atoms with E-state index in [0.29, 0.717) is 26.2 Å². The van der Waals surface area contributed by atoms with E-state index in [1.54, 1.807) is 4.90 Å². The zero-order valence-corrected chi connectivity index (χ0v) is 5.82. The number of ether oxygens (including phenoxy) is 1. The third-order valence-electron chi connectivity index (χ3n) is 1.58. The van der Waals surface area contributed by atoms with Crippen molar-refractivity contribution in [1.82, 2.24) is 4.90 Å². The summed E-state index contributed by atoms with van der Waals surface area (Å²) in [5, 5.41) is 0. The highest BCUT2D eigenvalue weighted by molar-refractivity contribution is 5.47. The minimum atomic E-state index is 0.0407. The molecule has 1 saturated heterocycles. The fraction of sp³-hybridized carbons (Fsp3) is 0.833. The van der Waals surface area contributed by atoms with Gasteiger partial charge in [0.05, 0.1) is 12.7 Å². The molecule has 10 heavy (non-hydrogen) atoms. The Labute approximate surface area is 59.9 Å². The molecule has 0 aromatic rings. The Hall–Kier alpha value is -0.610. The van der Waals surface area contributed by atoms with Crippen LogP contribution in [0.4, 0.5) is 0 Å². The lowest BCUT2D eigenvalue weighted by Crippen LogP contribution is -2.44. The molecule has 0 aliphatic carbocycles. The van der Waals surface area contributed by atoms with Crippen LogP contribution < -0.4 is 5.73 Å². The molecule has 1 heterocycles. The van der Waals surface area contributed by atoms with E-state index in [4.69, 9.17) is 10.5 Å². The van der Waals surface area contributed by atoms with E-state index in [2.05, 4.69) is 0 Å². The second-order valence-corrected chi connectivity index (χ2v) is 2.33. The molecule has 1 fully saturated rings. The molecule has 2 N–H and O–H groups in total. The standard InChI is InChI=1S/C6H12N2O2/c7-3-6-4-8(5-9)1-2-10-6/h5-6H,1-4,7H2. The third-order valence-corrected chi connectivity index (χ3v) is 1.58. The molecule has 0 bridgehead atoms. The van der Waals surface area contributed by atoms with E-state index in [1.165, 1.54) is 0 Å². The largest absolute Gasteiger partial charge is 0.373 e. The Morgan fingerprint density at radius 2 is 2.60 bits per heavy atom. The van der Waals surface area contributed by atoms with Crippen LogP contribution in [0, 0.1) is 0 Å². The first-order valence-corrected chi connectivity index (χ1v) is 3.38. The number of amides is 1. The van der Waals surface area contributed by atoms with Crippen molar-refractivity contribution in [3.8, 4) is 0 Å². The number of hydrogen-bond donors (Lipinski definition) is 1. The number of carbonyl (C=O) groups excluding carboxylic acids is 1. The Morgan fingerprint density at radius 1 is 1.80 bits per heavy atom. The smallest absolute Gasteiger partial charge is 0.209 e. The van der Waals surface area contributed by atoms with Gasteiger partial charge in [-0.2, -0.15) is 0 Å². The molecule has 0 saturated carbocycles. The number of hydrogen-bond acceptors (Lipinski definition) is 3. The summed E-state index contributed by atoms with van der Waals surface area (Å²) in [6, 6.07) is 0. The summed E-state index contributed by atoms with van der Waals surface area (Å²) in [6.45, 7) is 2.44. The predicted molar refractivity (Wildman–Crippen MR) is 36.4 cm³/mol. The topological polar surface area (TPSA) is 55.6 Å². The van der Waals surface area contributed by atoms with Crippen molar-refractivity contribution in [2.45, 2.75) is 6.10 Å². The minimum absolute atomic E-state index is 0.0407. The van der Waals surface area contributed by atoms with E-state index >= 15 is 0 Å². The summed E-state index contributed by atoms with van der Waals surface area (Å²) in [5.41, 5.74) is 5.35. The lowest BCUT2D eigenvalue weighted by Gasteiger charge is -2.29. The molecule has 1 aliphatic heterocycles. The van der Waals surface area contributed by atoms with E-state index in [1.807, 2.05) is 0 Å². The van der Waals surface area contributed by atoms with Crippen LogP contribution in [0.3, 0.4) is 0 Å². The van der Waals surface area contributed by atoms with Gasteiger partial charge in [0.1, 0.15) is 0 Å². The van der Waals surface area contributed by atoms with Gasteiger partial charge in [-0.25, -0.2) is 0 Å². The molecule has 1 rings (SSSR count). The van der Waals surface area contributed by atoms with E-state index in [9.17, 15) is 4.79 Å². The van der Waals surface area contributed by atoms with Crippen LogP contribution in [-0.4, -0.2) is 43.7 Å². The maximum atomic E-state index is 10.3. The number of rotatable bonds is 2. The zero-order chi connectivity index (χ0) is 7.40. The zero-order valence-electron chi connectivity index (χ0n) is 5.82. The van der Waals surface area contributed by atoms with Crippen molar-refractivity contribution in [2.24, 2.45) is 5.73 Å². The molecule has 0 radical (unpaired) electrons. The van der Waals surface area contributed by atoms with Gasteiger partial charge < -0.3 is 15.4 Å². The van der Waals surface area contributed by atoms with Crippen LogP contribution in [0.2, 0.25) is 0 Å². The number of nitrogens with zero attached hydrogens (tertiary/aromatic N) is 1. The average molecular weight is 144 g/mol. The van der Waals surface area contributed by atoms with Crippen LogP contribution in [0.1, 0.15) is 0 Å². The van der Waals surface area contributed by atoms with Gasteiger partial charge in [0.25, 0.3) is 0 Å². The Bertz CT molecular complexity index is 118. The molecule has 1 amide bonds. The SMILES string of the molecule is NCC1CN(C=O)CCO1. The van der Waals surface area contributed by atoms with E-state index in [0.717, 1.165) is 6.41 Å². The molecule has 0 aromatic heterocycles. The fourth-order valence-corrected chi connectivity index (χ4v) is 0.980. The number of carbonyl (C=O) groups is 1. The summed E-state index contributed by atoms with van der Waals surface area (Å²) < 4.78 is 5.23. The second-order valence-electron chi connectivity index (χ2n) is 2.33. The van der Waals surface area contributed by atoms with Crippen LogP contribution in [0.5, 0.6) is 0 Å². The van der Waals surface area contributed by atoms with Crippen LogP contribution in [0.15, 0.2) is 0 Å². The summed E-state index contributed by atoms with van der Waals surface area (Å²) in [6.07, 6.45) is 0.879. The first-order valence-electron chi connectivity index (χ1n) is 3.38. The summed E-state index contributed by atoms with van der Waals surface area (Å²) in [5.74, 6) is 0. The molecule has 0 spiro atoms. The maximum absolute atomic E-state index is 10.3. The molecule has 58 valence electrons. The van der Waals surface area contributed by atoms with Crippen molar-refractivity contribution in [3.63, 3.8) is 0 Å². The molecule has 1 unspecified atom stereocenters. The first kappa shape index (κ1) is 7.50. The minimum Gasteiger partial charge on any atom is -0.373 e. The maximum Gasteiger partial charge on any atom is 0.209 e. The van der Waals surface area contributed by atoms with Gasteiger partial charge >= 0.3 is 0 Å². The molecule has 4 heteroatoms. The first-order chi connectivity index (χ1) is 4.86. The molecule has 4 nitrogen and oxygen atoms in total. The lowest BCUT2D eigenvalue weighted by molar-refractivity contribution is -0.125. The van der Waals surface area contributed by atoms with Gasteiger partial charge in [0.15, 0.2) is 0 Å². The quantitative estimate of drug-likeness (QED) is 0.495. The third kappa shape index (κ3) is 1.68. The van der Waals surface area contributed by atoms with Crippen LogP contribution >= 0.6 is 0 Å². The summed E-state index contributed by atoms with van der Waals surface area (Å²) in [7, 11) is 0. The fourth-order valence-electron chi connectivity index (χ4n) is 0.980. The van der Waals surface area contributed by atoms with Crippen molar-refractivity contribution in [2.75, 3.05) is 26.2 Å². The summed E-state index contributed by atoms with van der Waals surface area (Å²) >= 11 is 0. The van der Waals surface area contributed by atoms with E-state index < -0.39 is 0 Å². The number of morpholine rings is 1. The van der Waals surface area contributed by atoms with E-state index in [-0.39, 0.29) is 6.10 Å². The average Bonchev–Trinajstić information content (AvgIpc) is 2.05. The van der Waals surface area contributed by atoms with Crippen molar-refractivity contribution in [1.29, 1.82) is 0 Å². The normalized spacial score (nSPS) is 26.5. The Kier molecular flexibility index (Phi) is 2.65. The predicted octanol–water partition coefficient (Wildman–Crippen LogP) is -1.20. The van der Waals surface area contributed by atoms with Gasteiger partial charge in [-0.15, -0.1) is 0 Å². The molecule has 0 aromatic carbocycles. The highest BCUT2D eigenvalue weighted by Crippen LogP contribution is 2.00. The van der Waals surface area contributed by atoms with Crippen molar-refractivity contribution in [3.05, 3.63) is 0 Å². The molecule has 1 atom stereocenters. The molecule has 1 aliphatic rings. The second kappa shape index (κ2) is 3.53. The number of nitrogens with two attached hydrogens (primary N) is 1. The van der Waals surface area contributed by atoms with Gasteiger partial charge in [-0.05, 0) is 0 Å². The van der Waals surface area contributed by atoms with Gasteiger partial charge in [0.2, 0.25) is 6.41 Å². The van der Waals surface area contributed by atoms with Crippen LogP contribution in [-0.2, 0) is 9.53 Å². The Balaban J connectivity index is 2.31.